The van der Waals surface area contributed by atoms with Gasteiger partial charge in [0.25, 0.3) is 0 Å². The molecule has 0 saturated carbocycles. The Labute approximate surface area is 109 Å². The molecule has 1 atom stereocenters. The Morgan fingerprint density at radius 3 is 3.12 bits per heavy atom. The Morgan fingerprint density at radius 2 is 2.44 bits per heavy atom. The third kappa shape index (κ3) is 2.80. The van der Waals surface area contributed by atoms with Crippen molar-refractivity contribution >= 4 is 39.7 Å². The minimum absolute atomic E-state index is 0.240. The molecule has 1 aliphatic rings. The van der Waals surface area contributed by atoms with Crippen molar-refractivity contribution in [2.75, 3.05) is 24.6 Å². The van der Waals surface area contributed by atoms with Gasteiger partial charge < -0.3 is 9.64 Å². The molecule has 1 fully saturated rings. The first-order valence-corrected chi connectivity index (χ1v) is 7.01. The third-order valence-corrected chi connectivity index (χ3v) is 4.45. The molecule has 0 bridgehead atoms. The Bertz CT molecular complexity index is 359. The van der Waals surface area contributed by atoms with E-state index in [9.17, 15) is 0 Å². The molecule has 2 heterocycles. The van der Waals surface area contributed by atoms with Crippen LogP contribution in [-0.2, 0) is 10.6 Å². The first-order chi connectivity index (χ1) is 7.70. The molecule has 0 aromatic carbocycles. The molecule has 0 amide bonds. The fourth-order valence-corrected chi connectivity index (χ4v) is 3.22. The van der Waals surface area contributed by atoms with Crippen LogP contribution in [0.5, 0.6) is 0 Å². The molecule has 1 saturated heterocycles. The van der Waals surface area contributed by atoms with Gasteiger partial charge in [-0.05, 0) is 13.3 Å². The number of hydrogen-bond acceptors (Lipinski definition) is 4. The summed E-state index contributed by atoms with van der Waals surface area (Å²) in [4.78, 5) is 7.52. The lowest BCUT2D eigenvalue weighted by atomic mass is 10.4. The normalized spacial score (nSPS) is 22.2. The summed E-state index contributed by atoms with van der Waals surface area (Å²) in [5.74, 6) is 0.427. The van der Waals surface area contributed by atoms with Gasteiger partial charge in [-0.1, -0.05) is 22.9 Å². The fourth-order valence-electron chi connectivity index (χ4n) is 1.71. The molecule has 3 nitrogen and oxygen atoms in total. The van der Waals surface area contributed by atoms with Gasteiger partial charge in [0.2, 0.25) is 0 Å². The number of ether oxygens (including phenoxy) is 1. The Morgan fingerprint density at radius 1 is 1.62 bits per heavy atom. The molecular formula is C10H14Cl2N2OS. The van der Waals surface area contributed by atoms with Gasteiger partial charge in [-0.25, -0.2) is 4.98 Å². The van der Waals surface area contributed by atoms with Gasteiger partial charge in [0.05, 0.1) is 16.9 Å². The number of rotatable bonds is 2. The van der Waals surface area contributed by atoms with Crippen LogP contribution in [0.3, 0.4) is 0 Å². The van der Waals surface area contributed by atoms with Gasteiger partial charge in [0, 0.05) is 19.7 Å². The standard InChI is InChI=1S/C10H14Cl2N2OS/c1-7-6-14(3-2-4-15-7)10-13-9(12)8(5-11)16-10/h7H,2-6H2,1H3. The Balaban J connectivity index is 2.15. The molecule has 0 aliphatic carbocycles. The van der Waals surface area contributed by atoms with Crippen LogP contribution in [0.15, 0.2) is 0 Å². The van der Waals surface area contributed by atoms with Crippen molar-refractivity contribution in [3.05, 3.63) is 10.0 Å². The molecule has 90 valence electrons. The quantitative estimate of drug-likeness (QED) is 0.779. The topological polar surface area (TPSA) is 25.4 Å². The maximum absolute atomic E-state index is 6.00. The highest BCUT2D eigenvalue weighted by molar-refractivity contribution is 7.16. The lowest BCUT2D eigenvalue weighted by Gasteiger charge is -2.20. The summed E-state index contributed by atoms with van der Waals surface area (Å²) in [5.41, 5.74) is 0. The van der Waals surface area contributed by atoms with Crippen LogP contribution in [0.1, 0.15) is 18.2 Å². The highest BCUT2D eigenvalue weighted by Gasteiger charge is 2.19. The van der Waals surface area contributed by atoms with Gasteiger partial charge in [0.1, 0.15) is 5.15 Å². The van der Waals surface area contributed by atoms with E-state index in [0.29, 0.717) is 11.0 Å². The monoisotopic (exact) mass is 280 g/mol. The fraction of sp³-hybridized carbons (Fsp3) is 0.700. The average molecular weight is 281 g/mol. The van der Waals surface area contributed by atoms with Gasteiger partial charge in [0.15, 0.2) is 5.13 Å². The van der Waals surface area contributed by atoms with Gasteiger partial charge in [-0.2, -0.15) is 0 Å². The van der Waals surface area contributed by atoms with E-state index in [4.69, 9.17) is 27.9 Å². The number of anilines is 1. The number of alkyl halides is 1. The third-order valence-electron chi connectivity index (χ3n) is 2.48. The number of halogens is 2. The molecule has 0 spiro atoms. The zero-order valence-corrected chi connectivity index (χ0v) is 11.4. The van der Waals surface area contributed by atoms with Gasteiger partial charge in [-0.3, -0.25) is 0 Å². The molecule has 6 heteroatoms. The van der Waals surface area contributed by atoms with E-state index in [1.54, 1.807) is 11.3 Å². The maximum atomic E-state index is 6.00. The van der Waals surface area contributed by atoms with Gasteiger partial charge >= 0.3 is 0 Å². The van der Waals surface area contributed by atoms with Crippen molar-refractivity contribution in [1.29, 1.82) is 0 Å². The summed E-state index contributed by atoms with van der Waals surface area (Å²) in [7, 11) is 0. The molecule has 1 unspecified atom stereocenters. The largest absolute Gasteiger partial charge is 0.377 e. The van der Waals surface area contributed by atoms with Crippen LogP contribution in [0.2, 0.25) is 5.15 Å². The minimum Gasteiger partial charge on any atom is -0.377 e. The number of aromatic nitrogens is 1. The van der Waals surface area contributed by atoms with E-state index >= 15 is 0 Å². The SMILES string of the molecule is CC1CN(c2nc(Cl)c(CCl)s2)CCCO1. The highest BCUT2D eigenvalue weighted by atomic mass is 35.5. The number of hydrogen-bond donors (Lipinski definition) is 0. The molecule has 0 radical (unpaired) electrons. The minimum atomic E-state index is 0.240. The highest BCUT2D eigenvalue weighted by Crippen LogP contribution is 2.31. The molecule has 2 rings (SSSR count). The zero-order chi connectivity index (χ0) is 11.5. The van der Waals surface area contributed by atoms with Crippen LogP contribution in [0, 0.1) is 0 Å². The summed E-state index contributed by atoms with van der Waals surface area (Å²) >= 11 is 13.4. The van der Waals surface area contributed by atoms with Crippen LogP contribution >= 0.6 is 34.5 Å². The average Bonchev–Trinajstić information content (AvgIpc) is 2.49. The van der Waals surface area contributed by atoms with Crippen LogP contribution < -0.4 is 4.90 Å². The summed E-state index contributed by atoms with van der Waals surface area (Å²) in [6.45, 7) is 4.73. The van der Waals surface area contributed by atoms with Crippen molar-refractivity contribution in [2.45, 2.75) is 25.3 Å². The second-order valence-electron chi connectivity index (χ2n) is 3.83. The first kappa shape index (κ1) is 12.4. The smallest absolute Gasteiger partial charge is 0.187 e. The maximum Gasteiger partial charge on any atom is 0.187 e. The van der Waals surface area contributed by atoms with Crippen LogP contribution in [-0.4, -0.2) is 30.8 Å². The number of nitrogens with zero attached hydrogens (tertiary/aromatic N) is 2. The van der Waals surface area contributed by atoms with E-state index in [0.717, 1.165) is 36.1 Å². The second kappa shape index (κ2) is 5.54. The summed E-state index contributed by atoms with van der Waals surface area (Å²) in [6, 6.07) is 0. The van der Waals surface area contributed by atoms with Crippen LogP contribution in [0.4, 0.5) is 5.13 Å². The van der Waals surface area contributed by atoms with Crippen LogP contribution in [0.25, 0.3) is 0 Å². The van der Waals surface area contributed by atoms with E-state index in [1.807, 2.05) is 0 Å². The van der Waals surface area contributed by atoms with Crippen molar-refractivity contribution < 1.29 is 4.74 Å². The summed E-state index contributed by atoms with van der Waals surface area (Å²) in [6.07, 6.45) is 1.27. The molecule has 16 heavy (non-hydrogen) atoms. The zero-order valence-electron chi connectivity index (χ0n) is 9.08. The van der Waals surface area contributed by atoms with E-state index in [-0.39, 0.29) is 6.10 Å². The predicted molar refractivity (Wildman–Crippen MR) is 68.9 cm³/mol. The summed E-state index contributed by atoms with van der Waals surface area (Å²) in [5, 5.41) is 1.49. The second-order valence-corrected chi connectivity index (χ2v) is 5.51. The lowest BCUT2D eigenvalue weighted by Crippen LogP contribution is -2.29. The van der Waals surface area contributed by atoms with E-state index in [1.165, 1.54) is 0 Å². The Hall–Kier alpha value is -0.0300. The van der Waals surface area contributed by atoms with Crippen molar-refractivity contribution in [3.8, 4) is 0 Å². The van der Waals surface area contributed by atoms with Crippen molar-refractivity contribution in [3.63, 3.8) is 0 Å². The number of thiazole rings is 1. The molecular weight excluding hydrogens is 267 g/mol. The van der Waals surface area contributed by atoms with Crippen molar-refractivity contribution in [1.82, 2.24) is 4.98 Å². The molecule has 0 N–H and O–H groups in total. The van der Waals surface area contributed by atoms with E-state index < -0.39 is 0 Å². The van der Waals surface area contributed by atoms with Gasteiger partial charge in [-0.15, -0.1) is 11.6 Å². The molecule has 1 aromatic heterocycles. The summed E-state index contributed by atoms with van der Waals surface area (Å²) < 4.78 is 5.59. The Kier molecular flexibility index (Phi) is 4.30. The lowest BCUT2D eigenvalue weighted by molar-refractivity contribution is 0.0821. The van der Waals surface area contributed by atoms with E-state index in [2.05, 4.69) is 16.8 Å². The van der Waals surface area contributed by atoms with Crippen molar-refractivity contribution in [2.24, 2.45) is 0 Å². The molecule has 1 aliphatic heterocycles. The first-order valence-electron chi connectivity index (χ1n) is 5.28. The molecule has 1 aromatic rings. The predicted octanol–water partition coefficient (Wildman–Crippen LogP) is 3.15.